The Balaban J connectivity index is 1.79. The average molecular weight is 302 g/mol. The van der Waals surface area contributed by atoms with Gasteiger partial charge in [-0.1, -0.05) is 71.9 Å². The van der Waals surface area contributed by atoms with E-state index in [1.165, 1.54) is 0 Å². The highest BCUT2D eigenvalue weighted by atomic mass is 16.5. The highest BCUT2D eigenvalue weighted by Crippen LogP contribution is 2.15. The Hall–Kier alpha value is -3.07. The quantitative estimate of drug-likeness (QED) is 0.434. The van der Waals surface area contributed by atoms with E-state index in [4.69, 9.17) is 4.74 Å². The third-order valence-corrected chi connectivity index (χ3v) is 3.42. The van der Waals surface area contributed by atoms with Gasteiger partial charge in [-0.2, -0.15) is 0 Å². The van der Waals surface area contributed by atoms with Crippen LogP contribution in [0.2, 0.25) is 0 Å². The summed E-state index contributed by atoms with van der Waals surface area (Å²) in [5.74, 6) is 0.706. The number of hydrogen-bond donors (Lipinski definition) is 1. The molecule has 3 aromatic carbocycles. The molecule has 1 radical (unpaired) electrons. The number of hydrogen-bond acceptors (Lipinski definition) is 3. The second-order valence-electron chi connectivity index (χ2n) is 5.03. The molecule has 0 amide bonds. The van der Waals surface area contributed by atoms with E-state index in [9.17, 15) is 5.21 Å². The summed E-state index contributed by atoms with van der Waals surface area (Å²) in [6, 6.07) is 27.9. The van der Waals surface area contributed by atoms with Gasteiger partial charge in [-0.3, -0.25) is 0 Å². The first-order valence-electron chi connectivity index (χ1n) is 7.33. The number of rotatable bonds is 5. The minimum Gasteiger partial charge on any atom is -0.488 e. The molecule has 0 aliphatic heterocycles. The predicted molar refractivity (Wildman–Crippen MR) is 89.9 cm³/mol. The van der Waals surface area contributed by atoms with E-state index in [0.717, 1.165) is 16.7 Å². The van der Waals surface area contributed by atoms with Crippen molar-refractivity contribution < 1.29 is 9.94 Å². The largest absolute Gasteiger partial charge is 0.488 e. The van der Waals surface area contributed by atoms with Gasteiger partial charge in [-0.25, -0.2) is 0 Å². The Morgan fingerprint density at radius 2 is 1.70 bits per heavy atom. The molecule has 113 valence electrons. The van der Waals surface area contributed by atoms with Crippen LogP contribution < -0.4 is 4.74 Å². The van der Waals surface area contributed by atoms with Gasteiger partial charge >= 0.3 is 0 Å². The van der Waals surface area contributed by atoms with Crippen LogP contribution in [0.25, 0.3) is 0 Å². The van der Waals surface area contributed by atoms with Crippen LogP contribution in [-0.2, 0) is 6.61 Å². The van der Waals surface area contributed by atoms with Crippen LogP contribution in [0.1, 0.15) is 16.7 Å². The van der Waals surface area contributed by atoms with E-state index in [1.807, 2.05) is 78.9 Å². The molecule has 0 bridgehead atoms. The SMILES string of the molecule is ON=C(c1ccccc1)c1cccc(COc2[c]cccc2)c1. The summed E-state index contributed by atoms with van der Waals surface area (Å²) in [4.78, 5) is 0. The van der Waals surface area contributed by atoms with E-state index in [1.54, 1.807) is 0 Å². The van der Waals surface area contributed by atoms with E-state index in [-0.39, 0.29) is 0 Å². The second kappa shape index (κ2) is 7.27. The maximum atomic E-state index is 9.38. The van der Waals surface area contributed by atoms with E-state index < -0.39 is 0 Å². The molecule has 3 nitrogen and oxygen atoms in total. The third-order valence-electron chi connectivity index (χ3n) is 3.42. The molecule has 3 rings (SSSR count). The van der Waals surface area contributed by atoms with Crippen molar-refractivity contribution in [3.63, 3.8) is 0 Å². The van der Waals surface area contributed by atoms with Crippen molar-refractivity contribution in [1.29, 1.82) is 0 Å². The Morgan fingerprint density at radius 3 is 2.43 bits per heavy atom. The van der Waals surface area contributed by atoms with Crippen LogP contribution in [0.15, 0.2) is 84.0 Å². The molecule has 0 saturated carbocycles. The van der Waals surface area contributed by atoms with Crippen molar-refractivity contribution in [2.24, 2.45) is 5.16 Å². The Bertz CT molecular complexity index is 783. The van der Waals surface area contributed by atoms with Gasteiger partial charge in [0.15, 0.2) is 0 Å². The Morgan fingerprint density at radius 1 is 0.913 bits per heavy atom. The van der Waals surface area contributed by atoms with Crippen LogP contribution in [0, 0.1) is 6.07 Å². The number of para-hydroxylation sites is 1. The maximum absolute atomic E-state index is 9.38. The molecule has 0 aliphatic carbocycles. The Kier molecular flexibility index (Phi) is 4.69. The number of ether oxygens (including phenoxy) is 1. The first kappa shape index (κ1) is 14.9. The zero-order chi connectivity index (χ0) is 15.9. The molecule has 0 aromatic heterocycles. The van der Waals surface area contributed by atoms with Crippen molar-refractivity contribution >= 4 is 5.71 Å². The van der Waals surface area contributed by atoms with Crippen LogP contribution in [0.3, 0.4) is 0 Å². The lowest BCUT2D eigenvalue weighted by molar-refractivity contribution is 0.305. The Labute approximate surface area is 135 Å². The lowest BCUT2D eigenvalue weighted by atomic mass is 10.0. The third kappa shape index (κ3) is 3.77. The number of benzene rings is 3. The molecule has 0 spiro atoms. The molecule has 0 saturated heterocycles. The first-order chi connectivity index (χ1) is 11.4. The van der Waals surface area contributed by atoms with E-state index in [0.29, 0.717) is 18.1 Å². The van der Waals surface area contributed by atoms with Gasteiger partial charge in [0.1, 0.15) is 18.1 Å². The lowest BCUT2D eigenvalue weighted by Gasteiger charge is -2.09. The van der Waals surface area contributed by atoms with Gasteiger partial charge in [0.05, 0.1) is 0 Å². The lowest BCUT2D eigenvalue weighted by Crippen LogP contribution is -2.04. The molecule has 3 heteroatoms. The fourth-order valence-electron chi connectivity index (χ4n) is 2.31. The molecular formula is C20H16NO2. The highest BCUT2D eigenvalue weighted by molar-refractivity contribution is 6.12. The summed E-state index contributed by atoms with van der Waals surface area (Å²) in [5.41, 5.74) is 3.25. The zero-order valence-corrected chi connectivity index (χ0v) is 12.5. The van der Waals surface area contributed by atoms with Gasteiger partial charge in [0, 0.05) is 17.2 Å². The van der Waals surface area contributed by atoms with Gasteiger partial charge in [-0.05, 0) is 17.7 Å². The van der Waals surface area contributed by atoms with E-state index >= 15 is 0 Å². The fraction of sp³-hybridized carbons (Fsp3) is 0.0500. The van der Waals surface area contributed by atoms with Crippen LogP contribution in [0.4, 0.5) is 0 Å². The van der Waals surface area contributed by atoms with E-state index in [2.05, 4.69) is 11.2 Å². The summed E-state index contributed by atoms with van der Waals surface area (Å²) in [7, 11) is 0. The summed E-state index contributed by atoms with van der Waals surface area (Å²) >= 11 is 0. The topological polar surface area (TPSA) is 41.8 Å². The van der Waals surface area contributed by atoms with Gasteiger partial charge in [0.2, 0.25) is 0 Å². The van der Waals surface area contributed by atoms with Crippen molar-refractivity contribution in [2.75, 3.05) is 0 Å². The van der Waals surface area contributed by atoms with Crippen LogP contribution in [0.5, 0.6) is 5.75 Å². The number of oxime groups is 1. The minimum atomic E-state index is 0.432. The second-order valence-corrected chi connectivity index (χ2v) is 5.03. The monoisotopic (exact) mass is 302 g/mol. The summed E-state index contributed by atoms with van der Waals surface area (Å²) in [6.07, 6.45) is 0. The highest BCUT2D eigenvalue weighted by Gasteiger charge is 2.08. The van der Waals surface area contributed by atoms with Crippen molar-refractivity contribution in [1.82, 2.24) is 0 Å². The standard InChI is InChI=1S/C20H16NO2/c22-21-20(17-9-3-1-4-10-17)18-11-7-8-16(14-18)15-23-19-12-5-2-6-13-19/h1-12,14,22H,15H2. The smallest absolute Gasteiger partial charge is 0.127 e. The molecule has 0 heterocycles. The predicted octanol–water partition coefficient (Wildman–Crippen LogP) is 4.29. The maximum Gasteiger partial charge on any atom is 0.127 e. The van der Waals surface area contributed by atoms with Crippen molar-refractivity contribution in [3.05, 3.63) is 102 Å². The minimum absolute atomic E-state index is 0.432. The zero-order valence-electron chi connectivity index (χ0n) is 12.5. The normalized spacial score (nSPS) is 11.2. The molecule has 3 aromatic rings. The molecule has 1 N–H and O–H groups in total. The number of nitrogens with zero attached hydrogens (tertiary/aromatic N) is 1. The molecule has 0 unspecified atom stereocenters. The molecular weight excluding hydrogens is 286 g/mol. The molecule has 23 heavy (non-hydrogen) atoms. The van der Waals surface area contributed by atoms with Crippen LogP contribution in [-0.4, -0.2) is 10.9 Å². The van der Waals surface area contributed by atoms with Crippen molar-refractivity contribution in [3.8, 4) is 5.75 Å². The van der Waals surface area contributed by atoms with Crippen LogP contribution >= 0.6 is 0 Å². The summed E-state index contributed by atoms with van der Waals surface area (Å²) in [6.45, 7) is 0.432. The summed E-state index contributed by atoms with van der Waals surface area (Å²) < 4.78 is 5.71. The van der Waals surface area contributed by atoms with Gasteiger partial charge in [-0.15, -0.1) is 0 Å². The summed E-state index contributed by atoms with van der Waals surface area (Å²) in [5, 5.41) is 12.8. The van der Waals surface area contributed by atoms with Gasteiger partial charge in [0.25, 0.3) is 0 Å². The first-order valence-corrected chi connectivity index (χ1v) is 7.33. The van der Waals surface area contributed by atoms with Crippen molar-refractivity contribution in [2.45, 2.75) is 6.61 Å². The van der Waals surface area contributed by atoms with Gasteiger partial charge < -0.3 is 9.94 Å². The molecule has 0 aliphatic rings. The fourth-order valence-corrected chi connectivity index (χ4v) is 2.31. The molecule has 0 atom stereocenters. The average Bonchev–Trinajstić information content (AvgIpc) is 2.63. The molecule has 0 fully saturated rings.